The lowest BCUT2D eigenvalue weighted by molar-refractivity contribution is -0.385. The minimum Gasteiger partial charge on any atom is -0.258 e. The average Bonchev–Trinajstić information content (AvgIpc) is 2.64. The quantitative estimate of drug-likeness (QED) is 0.402. The number of thioether (sulfide) groups is 2. The maximum Gasteiger partial charge on any atom is 0.269 e. The van der Waals surface area contributed by atoms with Gasteiger partial charge in [0.25, 0.3) is 11.4 Å². The van der Waals surface area contributed by atoms with Crippen LogP contribution in [-0.4, -0.2) is 22.4 Å². The number of hydrogen-bond acceptors (Lipinski definition) is 7. The van der Waals surface area contributed by atoms with Gasteiger partial charge in [-0.05, 0) is 35.8 Å². The first-order valence-electron chi connectivity index (χ1n) is 7.42. The van der Waals surface area contributed by atoms with Crippen LogP contribution in [-0.2, 0) is 11.5 Å². The molecule has 2 aromatic carbocycles. The number of nitrogens with zero attached hydrogens (tertiary/aromatic N) is 3. The molecule has 0 aliphatic rings. The Balaban J connectivity index is 0.000000271. The Morgan fingerprint density at radius 3 is 1.93 bits per heavy atom. The Morgan fingerprint density at radius 1 is 0.963 bits per heavy atom. The average molecular weight is 470 g/mol. The highest BCUT2D eigenvalue weighted by Gasteiger charge is 2.10. The van der Waals surface area contributed by atoms with Crippen LogP contribution in [0.1, 0.15) is 16.7 Å². The molecular weight excluding hydrogens is 454 g/mol. The second-order valence-electron chi connectivity index (χ2n) is 5.11. The largest absolute Gasteiger partial charge is 0.269 e. The van der Waals surface area contributed by atoms with Crippen LogP contribution in [0.15, 0.2) is 40.9 Å². The van der Waals surface area contributed by atoms with Gasteiger partial charge in [-0.3, -0.25) is 20.2 Å². The molecule has 7 nitrogen and oxygen atoms in total. The molecule has 0 fully saturated rings. The summed E-state index contributed by atoms with van der Waals surface area (Å²) in [5, 5.41) is 29.7. The van der Waals surface area contributed by atoms with Crippen LogP contribution < -0.4 is 0 Å². The van der Waals surface area contributed by atoms with Crippen molar-refractivity contribution in [1.82, 2.24) is 0 Å². The first kappa shape index (κ1) is 23.0. The summed E-state index contributed by atoms with van der Waals surface area (Å²) in [5.41, 5.74) is 2.36. The summed E-state index contributed by atoms with van der Waals surface area (Å²) in [4.78, 5) is 20.1. The lowest BCUT2D eigenvalue weighted by atomic mass is 10.1. The zero-order valence-corrected chi connectivity index (χ0v) is 17.8. The molecule has 0 unspecified atom stereocenters. The molecule has 0 spiro atoms. The first-order chi connectivity index (χ1) is 12.8. The predicted octanol–water partition coefficient (Wildman–Crippen LogP) is 5.55. The van der Waals surface area contributed by atoms with Gasteiger partial charge in [0.05, 0.1) is 21.5 Å². The molecule has 0 N–H and O–H groups in total. The molecule has 0 heterocycles. The Morgan fingerprint density at radius 2 is 1.44 bits per heavy atom. The molecule has 0 aliphatic heterocycles. The Bertz CT molecular complexity index is 872. The fourth-order valence-corrected chi connectivity index (χ4v) is 3.69. The van der Waals surface area contributed by atoms with Crippen molar-refractivity contribution >= 4 is 50.8 Å². The topological polar surface area (TPSA) is 110 Å². The van der Waals surface area contributed by atoms with Crippen LogP contribution in [0.3, 0.4) is 0 Å². The van der Waals surface area contributed by atoms with E-state index in [2.05, 4.69) is 15.9 Å². The van der Waals surface area contributed by atoms with Gasteiger partial charge in [0.1, 0.15) is 0 Å². The second kappa shape index (κ2) is 11.6. The van der Waals surface area contributed by atoms with Crippen molar-refractivity contribution in [3.05, 3.63) is 77.8 Å². The van der Waals surface area contributed by atoms with E-state index in [1.54, 1.807) is 23.9 Å². The monoisotopic (exact) mass is 469 g/mol. The van der Waals surface area contributed by atoms with Gasteiger partial charge in [-0.25, -0.2) is 0 Å². The van der Waals surface area contributed by atoms with Crippen molar-refractivity contribution < 1.29 is 9.85 Å². The van der Waals surface area contributed by atoms with Gasteiger partial charge < -0.3 is 0 Å². The van der Waals surface area contributed by atoms with E-state index >= 15 is 0 Å². The molecule has 0 saturated carbocycles. The fraction of sp³-hybridized carbons (Fsp3) is 0.235. The van der Waals surface area contributed by atoms with E-state index in [-0.39, 0.29) is 16.3 Å². The first-order valence-corrected chi connectivity index (χ1v) is 11.0. The third kappa shape index (κ3) is 7.21. The number of halogens is 1. The van der Waals surface area contributed by atoms with E-state index < -0.39 is 4.92 Å². The molecule has 2 rings (SSSR count). The SMILES string of the molecule is CSCc1cc([N+](=O)[O-])ccc1Br.CSCc1cc([N+](=O)[O-])ccc1C#N. The summed E-state index contributed by atoms with van der Waals surface area (Å²) >= 11 is 6.51. The van der Waals surface area contributed by atoms with Crippen molar-refractivity contribution in [2.75, 3.05) is 12.5 Å². The van der Waals surface area contributed by atoms with Crippen molar-refractivity contribution in [3.63, 3.8) is 0 Å². The van der Waals surface area contributed by atoms with Crippen LogP contribution >= 0.6 is 39.5 Å². The van der Waals surface area contributed by atoms with Crippen LogP contribution in [0.4, 0.5) is 11.4 Å². The summed E-state index contributed by atoms with van der Waals surface area (Å²) in [7, 11) is 0. The Hall–Kier alpha value is -2.09. The van der Waals surface area contributed by atoms with Gasteiger partial charge in [-0.15, -0.1) is 0 Å². The zero-order valence-electron chi connectivity index (χ0n) is 14.5. The number of benzene rings is 2. The van der Waals surface area contributed by atoms with Gasteiger partial charge in [0, 0.05) is 40.2 Å². The standard InChI is InChI=1S/C9H8N2O2S.C8H8BrNO2S/c1-14-6-8-4-9(11(12)13)3-2-7(8)5-10;1-13-5-6-4-7(10(11)12)2-3-8(6)9/h2-4H,6H2,1H3;2-4H,5H2,1H3. The van der Waals surface area contributed by atoms with Gasteiger partial charge in [-0.1, -0.05) is 15.9 Å². The summed E-state index contributed by atoms with van der Waals surface area (Å²) in [6.45, 7) is 0. The second-order valence-corrected chi connectivity index (χ2v) is 7.70. The minimum atomic E-state index is -0.453. The number of hydrogen-bond donors (Lipinski definition) is 0. The molecular formula is C17H16BrN3O4S2. The number of rotatable bonds is 6. The van der Waals surface area contributed by atoms with Crippen molar-refractivity contribution in [2.45, 2.75) is 11.5 Å². The van der Waals surface area contributed by atoms with E-state index in [4.69, 9.17) is 5.26 Å². The van der Waals surface area contributed by atoms with E-state index in [1.165, 1.54) is 36.0 Å². The molecule has 0 amide bonds. The van der Waals surface area contributed by atoms with E-state index in [9.17, 15) is 20.2 Å². The Labute approximate surface area is 173 Å². The highest BCUT2D eigenvalue weighted by molar-refractivity contribution is 9.10. The lowest BCUT2D eigenvalue weighted by Gasteiger charge is -2.01. The highest BCUT2D eigenvalue weighted by atomic mass is 79.9. The lowest BCUT2D eigenvalue weighted by Crippen LogP contribution is -1.92. The summed E-state index contributed by atoms with van der Waals surface area (Å²) in [6.07, 6.45) is 3.85. The number of nitro groups is 2. The molecule has 27 heavy (non-hydrogen) atoms. The molecule has 0 atom stereocenters. The highest BCUT2D eigenvalue weighted by Crippen LogP contribution is 2.25. The van der Waals surface area contributed by atoms with E-state index in [0.29, 0.717) is 16.9 Å². The summed E-state index contributed by atoms with van der Waals surface area (Å²) < 4.78 is 0.924. The third-order valence-electron chi connectivity index (χ3n) is 3.26. The fourth-order valence-electron chi connectivity index (χ4n) is 2.02. The number of nitriles is 1. The third-order valence-corrected chi connectivity index (χ3v) is 5.23. The van der Waals surface area contributed by atoms with Gasteiger partial charge in [0.15, 0.2) is 0 Å². The smallest absolute Gasteiger partial charge is 0.258 e. The maximum atomic E-state index is 10.5. The van der Waals surface area contributed by atoms with Crippen LogP contribution in [0.25, 0.3) is 0 Å². The van der Waals surface area contributed by atoms with Crippen LogP contribution in [0, 0.1) is 31.6 Å². The normalized spacial score (nSPS) is 9.70. The molecule has 2 aromatic rings. The Kier molecular flexibility index (Phi) is 9.85. The van der Waals surface area contributed by atoms with Crippen LogP contribution in [0.5, 0.6) is 0 Å². The van der Waals surface area contributed by atoms with Crippen molar-refractivity contribution in [1.29, 1.82) is 5.26 Å². The van der Waals surface area contributed by atoms with Crippen molar-refractivity contribution in [3.8, 4) is 6.07 Å². The molecule has 142 valence electrons. The van der Waals surface area contributed by atoms with Crippen LogP contribution in [0.2, 0.25) is 0 Å². The molecule has 0 saturated heterocycles. The minimum absolute atomic E-state index is 0.0352. The van der Waals surface area contributed by atoms with Crippen molar-refractivity contribution in [2.24, 2.45) is 0 Å². The molecule has 0 bridgehead atoms. The molecule has 10 heteroatoms. The molecule has 0 radical (unpaired) electrons. The molecule has 0 aliphatic carbocycles. The van der Waals surface area contributed by atoms with E-state index in [0.717, 1.165) is 15.8 Å². The summed E-state index contributed by atoms with van der Waals surface area (Å²) in [6, 6.07) is 11.1. The van der Waals surface area contributed by atoms with E-state index in [1.807, 2.05) is 18.6 Å². The number of nitro benzene ring substituents is 2. The summed E-state index contributed by atoms with van der Waals surface area (Å²) in [5.74, 6) is 1.40. The maximum absolute atomic E-state index is 10.5. The molecule has 0 aromatic heterocycles. The van der Waals surface area contributed by atoms with Gasteiger partial charge in [-0.2, -0.15) is 28.8 Å². The number of non-ortho nitro benzene ring substituents is 2. The van der Waals surface area contributed by atoms with Gasteiger partial charge >= 0.3 is 0 Å². The van der Waals surface area contributed by atoms with Gasteiger partial charge in [0.2, 0.25) is 0 Å². The predicted molar refractivity (Wildman–Crippen MR) is 113 cm³/mol. The zero-order chi connectivity index (χ0) is 20.4.